The quantitative estimate of drug-likeness (QED) is 0.858. The number of fused-ring (bicyclic) bond motifs is 2. The molecule has 1 heterocycles. The fourth-order valence-electron chi connectivity index (χ4n) is 3.12. The molecule has 2 aliphatic rings. The summed E-state index contributed by atoms with van der Waals surface area (Å²) >= 11 is 0. The van der Waals surface area contributed by atoms with E-state index in [1.807, 2.05) is 12.1 Å². The molecule has 3 heteroatoms. The highest BCUT2D eigenvalue weighted by atomic mass is 19.1. The minimum absolute atomic E-state index is 0.163. The molecule has 0 aromatic heterocycles. The molecule has 1 aliphatic carbocycles. The highest BCUT2D eigenvalue weighted by Gasteiger charge is 2.16. The molecule has 2 nitrogen and oxygen atoms in total. The Balaban J connectivity index is 1.50. The van der Waals surface area contributed by atoms with Gasteiger partial charge in [-0.25, -0.2) is 4.39 Å². The second-order valence-corrected chi connectivity index (χ2v) is 6.11. The van der Waals surface area contributed by atoms with Crippen molar-refractivity contribution < 1.29 is 4.39 Å². The van der Waals surface area contributed by atoms with Gasteiger partial charge < -0.3 is 10.6 Å². The molecular weight excluding hydrogens is 299 g/mol. The van der Waals surface area contributed by atoms with Crippen molar-refractivity contribution in [2.45, 2.75) is 19.4 Å². The van der Waals surface area contributed by atoms with Gasteiger partial charge in [-0.2, -0.15) is 0 Å². The number of hydrogen-bond acceptors (Lipinski definition) is 2. The number of anilines is 1. The molecule has 1 aliphatic heterocycles. The highest BCUT2D eigenvalue weighted by Crippen LogP contribution is 2.30. The molecule has 0 amide bonds. The molecule has 0 atom stereocenters. The van der Waals surface area contributed by atoms with E-state index >= 15 is 0 Å². The predicted octanol–water partition coefficient (Wildman–Crippen LogP) is 4.68. The molecule has 0 bridgehead atoms. The number of halogens is 1. The molecule has 0 radical (unpaired) electrons. The summed E-state index contributed by atoms with van der Waals surface area (Å²) in [6, 6.07) is 15.3. The normalized spacial score (nSPS) is 15.8. The van der Waals surface area contributed by atoms with Gasteiger partial charge in [-0.1, -0.05) is 42.5 Å². The zero-order chi connectivity index (χ0) is 16.4. The topological polar surface area (TPSA) is 24.1 Å². The van der Waals surface area contributed by atoms with Crippen LogP contribution in [0.4, 0.5) is 10.1 Å². The summed E-state index contributed by atoms with van der Waals surface area (Å²) in [5.74, 6) is -0.163. The maximum atomic E-state index is 13.7. The molecule has 0 saturated heterocycles. The molecule has 0 saturated carbocycles. The summed E-state index contributed by atoms with van der Waals surface area (Å²) in [7, 11) is 0. The van der Waals surface area contributed by atoms with Gasteiger partial charge in [-0.3, -0.25) is 0 Å². The van der Waals surface area contributed by atoms with Crippen molar-refractivity contribution in [2.75, 3.05) is 5.32 Å². The predicted molar refractivity (Wildman–Crippen MR) is 95.9 cm³/mol. The minimum atomic E-state index is -0.163. The lowest BCUT2D eigenvalue weighted by Crippen LogP contribution is -2.17. The summed E-state index contributed by atoms with van der Waals surface area (Å²) in [5.41, 5.74) is 6.71. The van der Waals surface area contributed by atoms with Crippen LogP contribution >= 0.6 is 0 Å². The van der Waals surface area contributed by atoms with Gasteiger partial charge in [-0.15, -0.1) is 0 Å². The van der Waals surface area contributed by atoms with Gasteiger partial charge in [0.1, 0.15) is 5.82 Å². The number of hydrogen-bond donors (Lipinski definition) is 2. The fraction of sp³-hybridized carbons (Fsp3) is 0.143. The number of benzene rings is 2. The van der Waals surface area contributed by atoms with E-state index in [9.17, 15) is 4.39 Å². The minimum Gasteiger partial charge on any atom is -0.384 e. The largest absolute Gasteiger partial charge is 0.384 e. The number of allylic oxidation sites excluding steroid dienone is 5. The summed E-state index contributed by atoms with van der Waals surface area (Å²) in [4.78, 5) is 0. The van der Waals surface area contributed by atoms with Crippen molar-refractivity contribution in [3.63, 3.8) is 0 Å². The third-order valence-corrected chi connectivity index (χ3v) is 4.50. The van der Waals surface area contributed by atoms with Crippen LogP contribution in [0.1, 0.15) is 17.5 Å². The third kappa shape index (κ3) is 2.98. The van der Waals surface area contributed by atoms with E-state index in [1.54, 1.807) is 6.07 Å². The van der Waals surface area contributed by atoms with Crippen LogP contribution < -0.4 is 10.6 Å². The first-order valence-electron chi connectivity index (χ1n) is 8.22. The van der Waals surface area contributed by atoms with Crippen LogP contribution in [-0.2, 0) is 13.0 Å². The molecular formula is C21H19FN2. The summed E-state index contributed by atoms with van der Waals surface area (Å²) < 4.78 is 13.7. The van der Waals surface area contributed by atoms with Crippen molar-refractivity contribution >= 4 is 5.69 Å². The second kappa shape index (κ2) is 6.36. The zero-order valence-electron chi connectivity index (χ0n) is 13.4. The van der Waals surface area contributed by atoms with E-state index in [2.05, 4.69) is 53.1 Å². The Morgan fingerprint density at radius 2 is 1.83 bits per heavy atom. The number of para-hydroxylation sites is 1. The van der Waals surface area contributed by atoms with Gasteiger partial charge in [0.05, 0.1) is 0 Å². The Morgan fingerprint density at radius 1 is 1.00 bits per heavy atom. The third-order valence-electron chi connectivity index (χ3n) is 4.50. The van der Waals surface area contributed by atoms with E-state index < -0.39 is 0 Å². The fourth-order valence-corrected chi connectivity index (χ4v) is 3.12. The Kier molecular flexibility index (Phi) is 3.91. The second-order valence-electron chi connectivity index (χ2n) is 6.11. The number of rotatable bonds is 3. The van der Waals surface area contributed by atoms with Crippen LogP contribution in [0.5, 0.6) is 0 Å². The lowest BCUT2D eigenvalue weighted by molar-refractivity contribution is 0.600. The van der Waals surface area contributed by atoms with Crippen molar-refractivity contribution in [2.24, 2.45) is 0 Å². The molecule has 2 aromatic carbocycles. The first kappa shape index (κ1) is 14.8. The van der Waals surface area contributed by atoms with E-state index in [0.29, 0.717) is 12.1 Å². The van der Waals surface area contributed by atoms with E-state index in [1.165, 1.54) is 22.9 Å². The molecule has 2 aromatic rings. The van der Waals surface area contributed by atoms with Gasteiger partial charge in [0.25, 0.3) is 0 Å². The maximum Gasteiger partial charge on any atom is 0.128 e. The van der Waals surface area contributed by atoms with Gasteiger partial charge in [-0.05, 0) is 41.8 Å². The van der Waals surface area contributed by atoms with Crippen molar-refractivity contribution in [3.8, 4) is 0 Å². The molecule has 0 unspecified atom stereocenters. The first-order valence-corrected chi connectivity index (χ1v) is 8.22. The smallest absolute Gasteiger partial charge is 0.128 e. The molecule has 0 fully saturated rings. The van der Waals surface area contributed by atoms with Gasteiger partial charge in [0, 0.05) is 35.6 Å². The van der Waals surface area contributed by atoms with Gasteiger partial charge in [0.2, 0.25) is 0 Å². The van der Waals surface area contributed by atoms with Gasteiger partial charge in [0.15, 0.2) is 0 Å². The van der Waals surface area contributed by atoms with Gasteiger partial charge >= 0.3 is 0 Å². The van der Waals surface area contributed by atoms with Crippen LogP contribution in [0.15, 0.2) is 83.7 Å². The van der Waals surface area contributed by atoms with Crippen LogP contribution in [0.25, 0.3) is 0 Å². The number of nitrogens with one attached hydrogen (secondary N) is 2. The standard InChI is InChI=1S/C21H19FN2/c22-19-7-3-1-6-17(19)14-23-18-11-12-21-16(13-18)10-9-15-5-2-4-8-20(15)24-21/h1-8,10-12,23-24H,9,13-14H2. The van der Waals surface area contributed by atoms with E-state index in [-0.39, 0.29) is 5.82 Å². The molecule has 0 spiro atoms. The Labute approximate surface area is 141 Å². The summed E-state index contributed by atoms with van der Waals surface area (Å²) in [5, 5.41) is 6.89. The highest BCUT2D eigenvalue weighted by molar-refractivity contribution is 5.63. The first-order chi connectivity index (χ1) is 11.8. The lowest BCUT2D eigenvalue weighted by Gasteiger charge is -2.20. The summed E-state index contributed by atoms with van der Waals surface area (Å²) in [6.45, 7) is 0.503. The average Bonchev–Trinajstić information content (AvgIpc) is 2.80. The van der Waals surface area contributed by atoms with Crippen molar-refractivity contribution in [1.29, 1.82) is 0 Å². The average molecular weight is 318 g/mol. The van der Waals surface area contributed by atoms with E-state index in [0.717, 1.165) is 24.2 Å². The molecule has 24 heavy (non-hydrogen) atoms. The molecule has 120 valence electrons. The Morgan fingerprint density at radius 3 is 2.75 bits per heavy atom. The van der Waals surface area contributed by atoms with E-state index in [4.69, 9.17) is 0 Å². The summed E-state index contributed by atoms with van der Waals surface area (Å²) in [6.07, 6.45) is 8.22. The molecule has 4 rings (SSSR count). The van der Waals surface area contributed by atoms with Crippen LogP contribution in [0.3, 0.4) is 0 Å². The zero-order valence-corrected chi connectivity index (χ0v) is 13.4. The lowest BCUT2D eigenvalue weighted by atomic mass is 10.00. The Hall–Kier alpha value is -2.81. The van der Waals surface area contributed by atoms with Crippen LogP contribution in [0, 0.1) is 5.82 Å². The van der Waals surface area contributed by atoms with Crippen molar-refractivity contribution in [3.05, 3.63) is 101 Å². The SMILES string of the molecule is Fc1ccccc1CNC1=CC=C2Nc3ccccc3CC=C2C1. The molecule has 2 N–H and O–H groups in total. The Bertz CT molecular complexity index is 862. The maximum absolute atomic E-state index is 13.7. The van der Waals surface area contributed by atoms with Crippen molar-refractivity contribution in [1.82, 2.24) is 5.32 Å². The van der Waals surface area contributed by atoms with Crippen LogP contribution in [0.2, 0.25) is 0 Å². The monoisotopic (exact) mass is 318 g/mol. The van der Waals surface area contributed by atoms with Crippen LogP contribution in [-0.4, -0.2) is 0 Å².